The number of piperidine rings is 1. The van der Waals surface area contributed by atoms with Crippen molar-refractivity contribution in [2.75, 3.05) is 18.0 Å². The first kappa shape index (κ1) is 10.4. The molecule has 0 aromatic carbocycles. The van der Waals surface area contributed by atoms with Crippen LogP contribution >= 0.6 is 0 Å². The van der Waals surface area contributed by atoms with Crippen molar-refractivity contribution >= 4 is 5.95 Å². The Hall–Kier alpha value is -1.16. The Morgan fingerprint density at radius 1 is 1.47 bits per heavy atom. The third-order valence-electron chi connectivity index (χ3n) is 2.95. The summed E-state index contributed by atoms with van der Waals surface area (Å²) in [6, 6.07) is 0.268. The van der Waals surface area contributed by atoms with Crippen LogP contribution in [0.1, 0.15) is 24.1 Å². The highest BCUT2D eigenvalue weighted by molar-refractivity contribution is 5.33. The molecule has 1 atom stereocenters. The zero-order valence-corrected chi connectivity index (χ0v) is 9.40. The molecule has 0 amide bonds. The molecule has 15 heavy (non-hydrogen) atoms. The third kappa shape index (κ3) is 2.26. The van der Waals surface area contributed by atoms with Gasteiger partial charge in [0.2, 0.25) is 5.95 Å². The van der Waals surface area contributed by atoms with Crippen molar-refractivity contribution in [3.05, 3.63) is 17.5 Å². The average molecular weight is 206 g/mol. The number of aryl methyl sites for hydroxylation is 2. The highest BCUT2D eigenvalue weighted by Crippen LogP contribution is 2.15. The number of nitrogens with two attached hydrogens (primary N) is 1. The Labute approximate surface area is 90.5 Å². The topological polar surface area (TPSA) is 55.0 Å². The van der Waals surface area contributed by atoms with Crippen molar-refractivity contribution in [2.45, 2.75) is 32.7 Å². The Bertz CT molecular complexity index is 350. The summed E-state index contributed by atoms with van der Waals surface area (Å²) in [7, 11) is 0. The number of aromatic nitrogens is 2. The summed E-state index contributed by atoms with van der Waals surface area (Å²) < 4.78 is 0. The lowest BCUT2D eigenvalue weighted by Crippen LogP contribution is -2.43. The van der Waals surface area contributed by atoms with Gasteiger partial charge in [0.25, 0.3) is 0 Å². The molecule has 1 aromatic heterocycles. The van der Waals surface area contributed by atoms with Crippen molar-refractivity contribution in [1.29, 1.82) is 0 Å². The maximum atomic E-state index is 5.93. The molecule has 0 bridgehead atoms. The Morgan fingerprint density at radius 3 is 2.93 bits per heavy atom. The fraction of sp³-hybridized carbons (Fsp3) is 0.636. The number of rotatable bonds is 1. The zero-order chi connectivity index (χ0) is 10.8. The Kier molecular flexibility index (Phi) is 2.86. The molecule has 1 saturated heterocycles. The summed E-state index contributed by atoms with van der Waals surface area (Å²) in [5.74, 6) is 0.827. The summed E-state index contributed by atoms with van der Waals surface area (Å²) >= 11 is 0. The van der Waals surface area contributed by atoms with Crippen molar-refractivity contribution in [1.82, 2.24) is 9.97 Å². The second kappa shape index (κ2) is 4.14. The minimum atomic E-state index is 0.268. The van der Waals surface area contributed by atoms with Gasteiger partial charge in [0.1, 0.15) is 0 Å². The van der Waals surface area contributed by atoms with E-state index in [9.17, 15) is 0 Å². The van der Waals surface area contributed by atoms with Crippen LogP contribution in [0.25, 0.3) is 0 Å². The number of nitrogens with zero attached hydrogens (tertiary/aromatic N) is 3. The standard InChI is InChI=1S/C11H18N4/c1-8-6-13-11(14-9(8)2)15-5-3-4-10(12)7-15/h6,10H,3-5,7,12H2,1-2H3. The average Bonchev–Trinajstić information content (AvgIpc) is 2.22. The Balaban J connectivity index is 2.18. The lowest BCUT2D eigenvalue weighted by atomic mass is 10.1. The lowest BCUT2D eigenvalue weighted by molar-refractivity contribution is 0.499. The monoisotopic (exact) mass is 206 g/mol. The largest absolute Gasteiger partial charge is 0.339 e. The van der Waals surface area contributed by atoms with Crippen LogP contribution in [-0.4, -0.2) is 29.1 Å². The molecule has 2 heterocycles. The van der Waals surface area contributed by atoms with Gasteiger partial charge in [-0.2, -0.15) is 0 Å². The van der Waals surface area contributed by atoms with Crippen molar-refractivity contribution < 1.29 is 0 Å². The summed E-state index contributed by atoms with van der Waals surface area (Å²) in [6.45, 7) is 5.95. The summed E-state index contributed by atoms with van der Waals surface area (Å²) in [5, 5.41) is 0. The van der Waals surface area contributed by atoms with E-state index in [2.05, 4.69) is 14.9 Å². The van der Waals surface area contributed by atoms with E-state index in [1.807, 2.05) is 20.0 Å². The molecular weight excluding hydrogens is 188 g/mol. The van der Waals surface area contributed by atoms with E-state index in [4.69, 9.17) is 5.73 Å². The van der Waals surface area contributed by atoms with Crippen LogP contribution in [0, 0.1) is 13.8 Å². The molecule has 2 N–H and O–H groups in total. The molecule has 4 nitrogen and oxygen atoms in total. The van der Waals surface area contributed by atoms with Gasteiger partial charge in [0.15, 0.2) is 0 Å². The van der Waals surface area contributed by atoms with E-state index in [0.717, 1.165) is 43.1 Å². The van der Waals surface area contributed by atoms with Crippen LogP contribution in [0.2, 0.25) is 0 Å². The van der Waals surface area contributed by atoms with Crippen LogP contribution in [0.15, 0.2) is 6.20 Å². The van der Waals surface area contributed by atoms with E-state index >= 15 is 0 Å². The quantitative estimate of drug-likeness (QED) is 0.745. The van der Waals surface area contributed by atoms with Crippen LogP contribution in [0.3, 0.4) is 0 Å². The molecular formula is C11H18N4. The molecule has 1 unspecified atom stereocenters. The van der Waals surface area contributed by atoms with Gasteiger partial charge >= 0.3 is 0 Å². The van der Waals surface area contributed by atoms with Crippen molar-refractivity contribution in [3.63, 3.8) is 0 Å². The molecule has 0 saturated carbocycles. The minimum Gasteiger partial charge on any atom is -0.339 e. The summed E-state index contributed by atoms with van der Waals surface area (Å²) in [6.07, 6.45) is 4.14. The van der Waals surface area contributed by atoms with Crippen molar-refractivity contribution in [3.8, 4) is 0 Å². The lowest BCUT2D eigenvalue weighted by Gasteiger charge is -2.30. The molecule has 82 valence electrons. The van der Waals surface area contributed by atoms with Gasteiger partial charge in [-0.25, -0.2) is 9.97 Å². The molecule has 0 radical (unpaired) electrons. The predicted molar refractivity (Wildman–Crippen MR) is 60.9 cm³/mol. The number of hydrogen-bond donors (Lipinski definition) is 1. The van der Waals surface area contributed by atoms with E-state index in [1.165, 1.54) is 0 Å². The first-order valence-electron chi connectivity index (χ1n) is 5.47. The highest BCUT2D eigenvalue weighted by Gasteiger charge is 2.18. The van der Waals surface area contributed by atoms with Gasteiger partial charge in [-0.15, -0.1) is 0 Å². The molecule has 0 spiro atoms. The van der Waals surface area contributed by atoms with Gasteiger partial charge in [-0.05, 0) is 32.3 Å². The minimum absolute atomic E-state index is 0.268. The summed E-state index contributed by atoms with van der Waals surface area (Å²) in [4.78, 5) is 11.0. The van der Waals surface area contributed by atoms with E-state index in [0.29, 0.717) is 0 Å². The van der Waals surface area contributed by atoms with Crippen LogP contribution in [0.4, 0.5) is 5.95 Å². The third-order valence-corrected chi connectivity index (χ3v) is 2.95. The van der Waals surface area contributed by atoms with Gasteiger partial charge in [-0.1, -0.05) is 0 Å². The first-order valence-corrected chi connectivity index (χ1v) is 5.47. The van der Waals surface area contributed by atoms with Crippen LogP contribution in [0.5, 0.6) is 0 Å². The second-order valence-electron chi connectivity index (χ2n) is 4.29. The first-order chi connectivity index (χ1) is 7.16. The molecule has 1 aromatic rings. The number of hydrogen-bond acceptors (Lipinski definition) is 4. The molecule has 1 fully saturated rings. The van der Waals surface area contributed by atoms with E-state index < -0.39 is 0 Å². The Morgan fingerprint density at radius 2 is 2.27 bits per heavy atom. The molecule has 4 heteroatoms. The van der Waals surface area contributed by atoms with Gasteiger partial charge in [-0.3, -0.25) is 0 Å². The SMILES string of the molecule is Cc1cnc(N2CCCC(N)C2)nc1C. The van der Waals surface area contributed by atoms with E-state index in [-0.39, 0.29) is 6.04 Å². The van der Waals surface area contributed by atoms with Gasteiger partial charge in [0, 0.05) is 31.0 Å². The maximum Gasteiger partial charge on any atom is 0.225 e. The van der Waals surface area contributed by atoms with Gasteiger partial charge in [0.05, 0.1) is 0 Å². The normalized spacial score (nSPS) is 21.8. The highest BCUT2D eigenvalue weighted by atomic mass is 15.3. The van der Waals surface area contributed by atoms with E-state index in [1.54, 1.807) is 0 Å². The smallest absolute Gasteiger partial charge is 0.225 e. The molecule has 1 aliphatic rings. The molecule has 0 aliphatic carbocycles. The molecule has 1 aliphatic heterocycles. The maximum absolute atomic E-state index is 5.93. The number of anilines is 1. The van der Waals surface area contributed by atoms with Crippen LogP contribution < -0.4 is 10.6 Å². The van der Waals surface area contributed by atoms with Crippen molar-refractivity contribution in [2.24, 2.45) is 5.73 Å². The zero-order valence-electron chi connectivity index (χ0n) is 9.40. The van der Waals surface area contributed by atoms with Gasteiger partial charge < -0.3 is 10.6 Å². The second-order valence-corrected chi connectivity index (χ2v) is 4.29. The predicted octanol–water partition coefficient (Wildman–Crippen LogP) is 1.02. The fourth-order valence-electron chi connectivity index (χ4n) is 1.86. The molecule has 2 rings (SSSR count). The van der Waals surface area contributed by atoms with Crippen LogP contribution in [-0.2, 0) is 0 Å². The fourth-order valence-corrected chi connectivity index (χ4v) is 1.86. The summed E-state index contributed by atoms with van der Waals surface area (Å²) in [5.41, 5.74) is 8.13.